The summed E-state index contributed by atoms with van der Waals surface area (Å²) in [6, 6.07) is 8.37. The molecule has 6 heteroatoms. The Morgan fingerprint density at radius 2 is 1.96 bits per heavy atom. The molecule has 0 spiro atoms. The summed E-state index contributed by atoms with van der Waals surface area (Å²) in [6.45, 7) is 1.68. The van der Waals surface area contributed by atoms with Crippen LogP contribution in [-0.2, 0) is 4.79 Å². The highest BCUT2D eigenvalue weighted by Crippen LogP contribution is 2.49. The lowest BCUT2D eigenvalue weighted by Crippen LogP contribution is -2.39. The van der Waals surface area contributed by atoms with E-state index in [1.54, 1.807) is 0 Å². The van der Waals surface area contributed by atoms with Crippen molar-refractivity contribution in [1.82, 2.24) is 20.1 Å². The van der Waals surface area contributed by atoms with E-state index in [4.69, 9.17) is 4.98 Å². The summed E-state index contributed by atoms with van der Waals surface area (Å²) in [5.41, 5.74) is 1.28. The molecule has 5 nitrogen and oxygen atoms in total. The summed E-state index contributed by atoms with van der Waals surface area (Å²) in [4.78, 5) is 19.6. The molecule has 26 heavy (non-hydrogen) atoms. The van der Waals surface area contributed by atoms with Gasteiger partial charge in [-0.1, -0.05) is 28.1 Å². The van der Waals surface area contributed by atoms with E-state index in [0.717, 1.165) is 48.5 Å². The van der Waals surface area contributed by atoms with Crippen LogP contribution in [0.25, 0.3) is 0 Å². The number of carbonyl (C=O) groups excluding carboxylic acids is 1. The number of piperidine rings is 1. The highest BCUT2D eigenvalue weighted by molar-refractivity contribution is 9.10. The van der Waals surface area contributed by atoms with Crippen molar-refractivity contribution in [1.29, 1.82) is 0 Å². The standard InChI is InChI=1S/C20H23BrN4O/c21-15-3-1-2-14(10-15)16-11-17(16)20(26)25-8-6-13(7-9-25)19-22-18(23-24-19)12-4-5-12/h1-3,10,12-13,16-17H,4-9,11H2,(H,22,23,24). The summed E-state index contributed by atoms with van der Waals surface area (Å²) in [6.07, 6.45) is 5.41. The van der Waals surface area contributed by atoms with Gasteiger partial charge in [-0.15, -0.1) is 0 Å². The minimum Gasteiger partial charge on any atom is -0.342 e. The molecule has 1 N–H and O–H groups in total. The molecule has 3 aliphatic rings. The van der Waals surface area contributed by atoms with Crippen molar-refractivity contribution < 1.29 is 4.79 Å². The first kappa shape index (κ1) is 16.5. The fourth-order valence-electron chi connectivity index (χ4n) is 4.18. The molecule has 1 aromatic carbocycles. The van der Waals surface area contributed by atoms with Crippen LogP contribution in [0.5, 0.6) is 0 Å². The molecule has 2 heterocycles. The van der Waals surface area contributed by atoms with E-state index < -0.39 is 0 Å². The van der Waals surface area contributed by atoms with Gasteiger partial charge in [-0.3, -0.25) is 9.89 Å². The van der Waals surface area contributed by atoms with Crippen molar-refractivity contribution in [2.24, 2.45) is 5.92 Å². The molecule has 0 bridgehead atoms. The molecular formula is C20H23BrN4O. The maximum atomic E-state index is 12.9. The number of halogens is 1. The van der Waals surface area contributed by atoms with Crippen LogP contribution >= 0.6 is 15.9 Å². The van der Waals surface area contributed by atoms with Crippen LogP contribution in [0.1, 0.15) is 67.1 Å². The van der Waals surface area contributed by atoms with Gasteiger partial charge in [0, 0.05) is 35.3 Å². The fourth-order valence-corrected chi connectivity index (χ4v) is 4.59. The number of aromatic nitrogens is 3. The smallest absolute Gasteiger partial charge is 0.226 e. The number of hydrogen-bond donors (Lipinski definition) is 1. The van der Waals surface area contributed by atoms with Gasteiger partial charge in [0.2, 0.25) is 5.91 Å². The highest BCUT2D eigenvalue weighted by Gasteiger charge is 2.46. The third kappa shape index (κ3) is 3.20. The van der Waals surface area contributed by atoms with Crippen LogP contribution < -0.4 is 0 Å². The predicted molar refractivity (Wildman–Crippen MR) is 102 cm³/mol. The quantitative estimate of drug-likeness (QED) is 0.823. The Morgan fingerprint density at radius 3 is 2.69 bits per heavy atom. The normalized spacial score (nSPS) is 26.1. The Hall–Kier alpha value is -1.69. The highest BCUT2D eigenvalue weighted by atomic mass is 79.9. The zero-order valence-electron chi connectivity index (χ0n) is 14.7. The lowest BCUT2D eigenvalue weighted by molar-refractivity contribution is -0.133. The fraction of sp³-hybridized carbons (Fsp3) is 0.550. The van der Waals surface area contributed by atoms with Crippen LogP contribution in [-0.4, -0.2) is 39.1 Å². The van der Waals surface area contributed by atoms with E-state index in [2.05, 4.69) is 49.2 Å². The lowest BCUT2D eigenvalue weighted by Gasteiger charge is -2.31. The van der Waals surface area contributed by atoms with Crippen molar-refractivity contribution in [3.05, 3.63) is 46.0 Å². The summed E-state index contributed by atoms with van der Waals surface area (Å²) < 4.78 is 1.09. The Balaban J connectivity index is 1.17. The number of hydrogen-bond acceptors (Lipinski definition) is 3. The molecule has 1 aliphatic heterocycles. The zero-order chi connectivity index (χ0) is 17.7. The number of nitrogens with one attached hydrogen (secondary N) is 1. The Morgan fingerprint density at radius 1 is 1.15 bits per heavy atom. The topological polar surface area (TPSA) is 61.9 Å². The minimum absolute atomic E-state index is 0.174. The van der Waals surface area contributed by atoms with Gasteiger partial charge in [-0.25, -0.2) is 4.98 Å². The summed E-state index contributed by atoms with van der Waals surface area (Å²) in [5.74, 6) is 3.93. The van der Waals surface area contributed by atoms with Crippen LogP contribution in [0.4, 0.5) is 0 Å². The minimum atomic E-state index is 0.174. The van der Waals surface area contributed by atoms with E-state index in [9.17, 15) is 4.79 Å². The number of H-pyrrole nitrogens is 1. The number of benzene rings is 1. The van der Waals surface area contributed by atoms with E-state index in [1.165, 1.54) is 18.4 Å². The number of carbonyl (C=O) groups is 1. The Labute approximate surface area is 161 Å². The van der Waals surface area contributed by atoms with Crippen molar-refractivity contribution in [3.63, 3.8) is 0 Å². The van der Waals surface area contributed by atoms with E-state index in [0.29, 0.717) is 23.7 Å². The second-order valence-corrected chi connectivity index (χ2v) is 8.87. The number of amides is 1. The van der Waals surface area contributed by atoms with Gasteiger partial charge in [0.25, 0.3) is 0 Å². The van der Waals surface area contributed by atoms with Crippen molar-refractivity contribution in [2.45, 2.75) is 49.9 Å². The van der Waals surface area contributed by atoms with Gasteiger partial charge in [0.05, 0.1) is 0 Å². The second-order valence-electron chi connectivity index (χ2n) is 7.96. The molecule has 1 saturated heterocycles. The average Bonchev–Trinajstić information content (AvgIpc) is 3.59. The van der Waals surface area contributed by atoms with Crippen molar-refractivity contribution >= 4 is 21.8 Å². The third-order valence-corrected chi connectivity index (χ3v) is 6.53. The van der Waals surface area contributed by atoms with Crippen LogP contribution in [0.15, 0.2) is 28.7 Å². The number of nitrogens with zero attached hydrogens (tertiary/aromatic N) is 3. The van der Waals surface area contributed by atoms with E-state index in [-0.39, 0.29) is 5.92 Å². The van der Waals surface area contributed by atoms with Gasteiger partial charge in [-0.05, 0) is 55.7 Å². The van der Waals surface area contributed by atoms with Crippen molar-refractivity contribution in [2.75, 3.05) is 13.1 Å². The van der Waals surface area contributed by atoms with Gasteiger partial charge in [0.1, 0.15) is 5.82 Å². The summed E-state index contributed by atoms with van der Waals surface area (Å²) >= 11 is 3.53. The molecule has 5 rings (SSSR count). The first-order valence-electron chi connectivity index (χ1n) is 9.65. The van der Waals surface area contributed by atoms with Crippen LogP contribution in [0.3, 0.4) is 0 Å². The molecule has 2 saturated carbocycles. The molecule has 2 aliphatic carbocycles. The number of aromatic amines is 1. The molecule has 136 valence electrons. The molecule has 2 atom stereocenters. The van der Waals surface area contributed by atoms with Gasteiger partial charge in [-0.2, -0.15) is 5.10 Å². The molecule has 2 unspecified atom stereocenters. The van der Waals surface area contributed by atoms with Gasteiger partial charge >= 0.3 is 0 Å². The molecule has 2 aromatic rings. The second kappa shape index (κ2) is 6.48. The average molecular weight is 415 g/mol. The van der Waals surface area contributed by atoms with Crippen LogP contribution in [0, 0.1) is 5.92 Å². The lowest BCUT2D eigenvalue weighted by atomic mass is 9.95. The molecule has 1 aromatic heterocycles. The SMILES string of the molecule is O=C(C1CC1c1cccc(Br)c1)N1CCC(c2nc(C3CC3)n[nH]2)CC1. The first-order chi connectivity index (χ1) is 12.7. The molecular weight excluding hydrogens is 392 g/mol. The van der Waals surface area contributed by atoms with Gasteiger partial charge < -0.3 is 4.90 Å². The Kier molecular flexibility index (Phi) is 4.11. The number of likely N-dealkylation sites (tertiary alicyclic amines) is 1. The van der Waals surface area contributed by atoms with Crippen LogP contribution in [0.2, 0.25) is 0 Å². The zero-order valence-corrected chi connectivity index (χ0v) is 16.3. The molecule has 0 radical (unpaired) electrons. The monoisotopic (exact) mass is 414 g/mol. The van der Waals surface area contributed by atoms with E-state index in [1.807, 2.05) is 6.07 Å². The van der Waals surface area contributed by atoms with Gasteiger partial charge in [0.15, 0.2) is 5.82 Å². The Bertz CT molecular complexity index is 823. The number of rotatable bonds is 4. The maximum Gasteiger partial charge on any atom is 0.226 e. The largest absolute Gasteiger partial charge is 0.342 e. The summed E-state index contributed by atoms with van der Waals surface area (Å²) in [5, 5.41) is 7.52. The maximum absolute atomic E-state index is 12.9. The predicted octanol–water partition coefficient (Wildman–Crippen LogP) is 3.95. The third-order valence-electron chi connectivity index (χ3n) is 6.04. The summed E-state index contributed by atoms with van der Waals surface area (Å²) in [7, 11) is 0. The first-order valence-corrected chi connectivity index (χ1v) is 10.4. The van der Waals surface area contributed by atoms with E-state index >= 15 is 0 Å². The molecule has 3 fully saturated rings. The molecule has 1 amide bonds. The van der Waals surface area contributed by atoms with Crippen molar-refractivity contribution in [3.8, 4) is 0 Å².